The van der Waals surface area contributed by atoms with Crippen molar-refractivity contribution in [3.8, 4) is 0 Å². The quantitative estimate of drug-likeness (QED) is 0.738. The third kappa shape index (κ3) is 2.83. The van der Waals surface area contributed by atoms with E-state index in [1.807, 2.05) is 6.92 Å². The number of hydrogen-bond acceptors (Lipinski definition) is 4. The first kappa shape index (κ1) is 12.5. The molecule has 94 valence electrons. The monoisotopic (exact) mass is 247 g/mol. The summed E-state index contributed by atoms with van der Waals surface area (Å²) < 4.78 is 16.6. The summed E-state index contributed by atoms with van der Waals surface area (Å²) in [4.78, 5) is 0. The van der Waals surface area contributed by atoms with Gasteiger partial charge in [0.15, 0.2) is 0 Å². The molecule has 4 nitrogen and oxygen atoms in total. The summed E-state index contributed by atoms with van der Waals surface area (Å²) in [5.74, 6) is 1.59. The van der Waals surface area contributed by atoms with Gasteiger partial charge in [0.05, 0.1) is 6.10 Å². The molecular formula is C11H21NO3S. The zero-order valence-electron chi connectivity index (χ0n) is 9.78. The van der Waals surface area contributed by atoms with Gasteiger partial charge in [0.25, 0.3) is 0 Å². The van der Waals surface area contributed by atoms with Gasteiger partial charge in [-0.1, -0.05) is 0 Å². The van der Waals surface area contributed by atoms with Crippen molar-refractivity contribution in [1.29, 1.82) is 0 Å². The van der Waals surface area contributed by atoms with Crippen LogP contribution in [0.3, 0.4) is 0 Å². The molecule has 0 radical (unpaired) electrons. The van der Waals surface area contributed by atoms with Crippen LogP contribution in [0, 0.1) is 0 Å². The molecule has 2 rings (SSSR count). The van der Waals surface area contributed by atoms with Gasteiger partial charge < -0.3 is 15.2 Å². The summed E-state index contributed by atoms with van der Waals surface area (Å²) in [7, 11) is -0.611. The Hall–Kier alpha value is 0.0300. The first-order chi connectivity index (χ1) is 7.60. The predicted octanol–water partition coefficient (Wildman–Crippen LogP) is 0.0270. The minimum Gasteiger partial charge on any atom is -0.386 e. The number of nitrogens with one attached hydrogen (secondary N) is 1. The molecule has 2 N–H and O–H groups in total. The van der Waals surface area contributed by atoms with Gasteiger partial charge in [0.2, 0.25) is 0 Å². The predicted molar refractivity (Wildman–Crippen MR) is 63.9 cm³/mol. The van der Waals surface area contributed by atoms with Gasteiger partial charge in [0, 0.05) is 47.9 Å². The average Bonchev–Trinajstić information content (AvgIpc) is 2.59. The molecular weight excluding hydrogens is 226 g/mol. The van der Waals surface area contributed by atoms with Gasteiger partial charge in [0.1, 0.15) is 5.60 Å². The minimum absolute atomic E-state index is 0.0854. The maximum atomic E-state index is 11.2. The van der Waals surface area contributed by atoms with Gasteiger partial charge in [-0.15, -0.1) is 0 Å². The van der Waals surface area contributed by atoms with E-state index in [-0.39, 0.29) is 6.10 Å². The molecule has 0 aromatic carbocycles. The third-order valence-corrected chi connectivity index (χ3v) is 5.13. The topological polar surface area (TPSA) is 58.6 Å². The highest BCUT2D eigenvalue weighted by Gasteiger charge is 2.39. The summed E-state index contributed by atoms with van der Waals surface area (Å²) in [6.07, 6.45) is 2.54. The first-order valence-electron chi connectivity index (χ1n) is 6.02. The summed E-state index contributed by atoms with van der Waals surface area (Å²) in [5, 5.41) is 13.7. The molecule has 0 bridgehead atoms. The van der Waals surface area contributed by atoms with Crippen molar-refractivity contribution < 1.29 is 14.1 Å². The number of rotatable bonds is 3. The second-order valence-electron chi connectivity index (χ2n) is 4.87. The Morgan fingerprint density at radius 1 is 1.50 bits per heavy atom. The molecule has 0 amide bonds. The summed E-state index contributed by atoms with van der Waals surface area (Å²) >= 11 is 0. The van der Waals surface area contributed by atoms with Crippen LogP contribution in [0.2, 0.25) is 0 Å². The zero-order valence-corrected chi connectivity index (χ0v) is 10.6. The molecule has 2 fully saturated rings. The molecule has 2 aliphatic heterocycles. The zero-order chi connectivity index (χ0) is 11.6. The van der Waals surface area contributed by atoms with Crippen LogP contribution in [0.25, 0.3) is 0 Å². The SMILES string of the molecule is CC1OCCC1(O)CNC1CCS(=O)CC1. The van der Waals surface area contributed by atoms with Gasteiger partial charge in [-0.05, 0) is 19.8 Å². The van der Waals surface area contributed by atoms with Gasteiger partial charge in [-0.25, -0.2) is 0 Å². The lowest BCUT2D eigenvalue weighted by molar-refractivity contribution is -0.0278. The van der Waals surface area contributed by atoms with Crippen LogP contribution in [0.1, 0.15) is 26.2 Å². The fourth-order valence-corrected chi connectivity index (χ4v) is 3.62. The summed E-state index contributed by atoms with van der Waals surface area (Å²) in [5.41, 5.74) is -0.712. The molecule has 0 spiro atoms. The van der Waals surface area contributed by atoms with Crippen molar-refractivity contribution in [3.05, 3.63) is 0 Å². The third-order valence-electron chi connectivity index (χ3n) is 3.74. The minimum atomic E-state index is -0.712. The normalized spacial score (nSPS) is 44.8. The van der Waals surface area contributed by atoms with E-state index < -0.39 is 16.4 Å². The van der Waals surface area contributed by atoms with Crippen LogP contribution in [-0.2, 0) is 15.5 Å². The Morgan fingerprint density at radius 3 is 2.75 bits per heavy atom. The number of ether oxygens (including phenoxy) is 1. The maximum absolute atomic E-state index is 11.2. The lowest BCUT2D eigenvalue weighted by atomic mass is 9.96. The highest BCUT2D eigenvalue weighted by Crippen LogP contribution is 2.25. The highest BCUT2D eigenvalue weighted by atomic mass is 32.2. The van der Waals surface area contributed by atoms with Gasteiger partial charge in [-0.3, -0.25) is 4.21 Å². The van der Waals surface area contributed by atoms with E-state index in [1.165, 1.54) is 0 Å². The van der Waals surface area contributed by atoms with E-state index in [1.54, 1.807) is 0 Å². The van der Waals surface area contributed by atoms with Crippen molar-refractivity contribution in [2.45, 2.75) is 43.9 Å². The second-order valence-corrected chi connectivity index (χ2v) is 6.57. The van der Waals surface area contributed by atoms with E-state index in [0.29, 0.717) is 25.6 Å². The standard InChI is InChI=1S/C11H21NO3S/c1-9-11(13,4-5-15-9)8-12-10-2-6-16(14)7-3-10/h9-10,12-13H,2-8H2,1H3. The molecule has 2 aliphatic rings. The molecule has 5 heteroatoms. The molecule has 0 saturated carbocycles. The van der Waals surface area contributed by atoms with Crippen molar-refractivity contribution in [2.24, 2.45) is 0 Å². The highest BCUT2D eigenvalue weighted by molar-refractivity contribution is 7.85. The van der Waals surface area contributed by atoms with Crippen LogP contribution in [-0.4, -0.2) is 51.7 Å². The molecule has 2 heterocycles. The van der Waals surface area contributed by atoms with Gasteiger partial charge >= 0.3 is 0 Å². The number of aliphatic hydroxyl groups is 1. The fraction of sp³-hybridized carbons (Fsp3) is 1.00. The van der Waals surface area contributed by atoms with E-state index in [2.05, 4.69) is 5.32 Å². The van der Waals surface area contributed by atoms with Crippen molar-refractivity contribution >= 4 is 10.8 Å². The Morgan fingerprint density at radius 2 is 2.19 bits per heavy atom. The Balaban J connectivity index is 1.76. The average molecular weight is 247 g/mol. The molecule has 2 atom stereocenters. The fourth-order valence-electron chi connectivity index (χ4n) is 2.32. The van der Waals surface area contributed by atoms with E-state index >= 15 is 0 Å². The molecule has 0 aromatic heterocycles. The van der Waals surface area contributed by atoms with E-state index in [9.17, 15) is 9.32 Å². The number of hydrogen-bond donors (Lipinski definition) is 2. The van der Waals surface area contributed by atoms with Crippen molar-refractivity contribution in [1.82, 2.24) is 5.32 Å². The summed E-state index contributed by atoms with van der Waals surface area (Å²) in [6, 6.07) is 0.412. The van der Waals surface area contributed by atoms with E-state index in [0.717, 1.165) is 24.3 Å². The smallest absolute Gasteiger partial charge is 0.105 e. The largest absolute Gasteiger partial charge is 0.386 e. The maximum Gasteiger partial charge on any atom is 0.105 e. The lowest BCUT2D eigenvalue weighted by Gasteiger charge is -2.30. The Kier molecular flexibility index (Phi) is 4.00. The van der Waals surface area contributed by atoms with Crippen molar-refractivity contribution in [3.63, 3.8) is 0 Å². The Labute approximate surface area is 99.2 Å². The molecule has 0 aliphatic carbocycles. The van der Waals surface area contributed by atoms with Crippen LogP contribution >= 0.6 is 0 Å². The summed E-state index contributed by atoms with van der Waals surface area (Å²) in [6.45, 7) is 3.16. The second kappa shape index (κ2) is 5.12. The van der Waals surface area contributed by atoms with Crippen molar-refractivity contribution in [2.75, 3.05) is 24.7 Å². The van der Waals surface area contributed by atoms with Crippen LogP contribution in [0.15, 0.2) is 0 Å². The molecule has 2 unspecified atom stereocenters. The molecule has 2 saturated heterocycles. The van der Waals surface area contributed by atoms with Gasteiger partial charge in [-0.2, -0.15) is 0 Å². The van der Waals surface area contributed by atoms with E-state index in [4.69, 9.17) is 4.74 Å². The molecule has 16 heavy (non-hydrogen) atoms. The lowest BCUT2D eigenvalue weighted by Crippen LogP contribution is -2.49. The van der Waals surface area contributed by atoms with Crippen LogP contribution < -0.4 is 5.32 Å². The van der Waals surface area contributed by atoms with Crippen LogP contribution in [0.5, 0.6) is 0 Å². The molecule has 0 aromatic rings. The van der Waals surface area contributed by atoms with Crippen LogP contribution in [0.4, 0.5) is 0 Å². The first-order valence-corrected chi connectivity index (χ1v) is 7.51. The Bertz CT molecular complexity index is 264.